The molecule has 0 aliphatic carbocycles. The van der Waals surface area contributed by atoms with Gasteiger partial charge in [-0.05, 0) is 36.1 Å². The van der Waals surface area contributed by atoms with Crippen LogP contribution in [-0.4, -0.2) is 18.2 Å². The van der Waals surface area contributed by atoms with Crippen molar-refractivity contribution in [3.63, 3.8) is 0 Å². The van der Waals surface area contributed by atoms with Gasteiger partial charge in [-0.2, -0.15) is 0 Å². The molecule has 0 saturated heterocycles. The normalized spacial score (nSPS) is 12.2. The fourth-order valence-electron chi connectivity index (χ4n) is 1.95. The van der Waals surface area contributed by atoms with Crippen LogP contribution in [0.15, 0.2) is 22.7 Å². The molecule has 94 valence electrons. The molecule has 0 bridgehead atoms. The molecule has 1 N–H and O–H groups in total. The van der Waals surface area contributed by atoms with Crippen molar-refractivity contribution in [1.82, 2.24) is 0 Å². The monoisotopic (exact) mass is 300 g/mol. The van der Waals surface area contributed by atoms with E-state index in [1.807, 2.05) is 18.2 Å². The number of ether oxygens (including phenoxy) is 1. The Morgan fingerprint density at radius 2 is 2.24 bits per heavy atom. The first kappa shape index (κ1) is 14.0. The predicted octanol–water partition coefficient (Wildman–Crippen LogP) is 3.82. The maximum Gasteiger partial charge on any atom is 0.303 e. The van der Waals surface area contributed by atoms with Gasteiger partial charge in [-0.3, -0.25) is 4.79 Å². The molecule has 0 fully saturated rings. The van der Waals surface area contributed by atoms with Gasteiger partial charge in [-0.25, -0.2) is 0 Å². The Bertz CT molecular complexity index is 390. The second-order valence-electron chi connectivity index (χ2n) is 3.97. The fourth-order valence-corrected chi connectivity index (χ4v) is 2.33. The molecular weight excluding hydrogens is 284 g/mol. The summed E-state index contributed by atoms with van der Waals surface area (Å²) in [5.41, 5.74) is 0.964. The Labute approximate surface area is 110 Å². The third-order valence-electron chi connectivity index (χ3n) is 2.69. The first-order valence-electron chi connectivity index (χ1n) is 5.63. The standard InChI is InChI=1S/C13H17BrO3/c1-3-4-9(7-13(15)16)11-8-10(14)5-6-12(11)17-2/h5-6,8-9H,3-4,7H2,1-2H3,(H,15,16). The summed E-state index contributed by atoms with van der Waals surface area (Å²) in [6.45, 7) is 2.05. The smallest absolute Gasteiger partial charge is 0.303 e. The molecule has 1 aromatic rings. The lowest BCUT2D eigenvalue weighted by Gasteiger charge is -2.18. The molecule has 0 radical (unpaired) electrons. The number of rotatable bonds is 6. The molecule has 0 saturated carbocycles. The topological polar surface area (TPSA) is 46.5 Å². The molecule has 1 atom stereocenters. The van der Waals surface area contributed by atoms with Crippen molar-refractivity contribution < 1.29 is 14.6 Å². The molecule has 0 amide bonds. The third-order valence-corrected chi connectivity index (χ3v) is 3.18. The Morgan fingerprint density at radius 3 is 2.76 bits per heavy atom. The van der Waals surface area contributed by atoms with E-state index in [4.69, 9.17) is 9.84 Å². The highest BCUT2D eigenvalue weighted by molar-refractivity contribution is 9.10. The molecule has 0 aliphatic heterocycles. The summed E-state index contributed by atoms with van der Waals surface area (Å²) in [6.07, 6.45) is 1.94. The summed E-state index contributed by atoms with van der Waals surface area (Å²) in [5.74, 6) is -0.0108. The van der Waals surface area contributed by atoms with Gasteiger partial charge in [0.1, 0.15) is 5.75 Å². The number of methoxy groups -OCH3 is 1. The first-order chi connectivity index (χ1) is 8.08. The van der Waals surface area contributed by atoms with Crippen molar-refractivity contribution in [2.45, 2.75) is 32.1 Å². The van der Waals surface area contributed by atoms with Crippen molar-refractivity contribution in [2.75, 3.05) is 7.11 Å². The second kappa shape index (κ2) is 6.64. The van der Waals surface area contributed by atoms with Gasteiger partial charge in [0.2, 0.25) is 0 Å². The van der Waals surface area contributed by atoms with Crippen molar-refractivity contribution in [3.05, 3.63) is 28.2 Å². The lowest BCUT2D eigenvalue weighted by molar-refractivity contribution is -0.137. The number of halogens is 1. The molecule has 1 rings (SSSR count). The average Bonchev–Trinajstić information content (AvgIpc) is 2.28. The summed E-state index contributed by atoms with van der Waals surface area (Å²) in [6, 6.07) is 5.71. The fraction of sp³-hybridized carbons (Fsp3) is 0.462. The van der Waals surface area contributed by atoms with Gasteiger partial charge in [0.25, 0.3) is 0 Å². The lowest BCUT2D eigenvalue weighted by Crippen LogP contribution is -2.07. The SMILES string of the molecule is CCCC(CC(=O)O)c1cc(Br)ccc1OC. The van der Waals surface area contributed by atoms with Gasteiger partial charge in [0.15, 0.2) is 0 Å². The number of carbonyl (C=O) groups is 1. The van der Waals surface area contributed by atoms with E-state index in [9.17, 15) is 4.79 Å². The van der Waals surface area contributed by atoms with E-state index in [0.717, 1.165) is 28.6 Å². The van der Waals surface area contributed by atoms with Crippen LogP contribution in [0, 0.1) is 0 Å². The largest absolute Gasteiger partial charge is 0.496 e. The van der Waals surface area contributed by atoms with Crippen LogP contribution in [0.2, 0.25) is 0 Å². The zero-order chi connectivity index (χ0) is 12.8. The first-order valence-corrected chi connectivity index (χ1v) is 6.43. The van der Waals surface area contributed by atoms with Crippen LogP contribution in [0.1, 0.15) is 37.7 Å². The number of aliphatic carboxylic acids is 1. The summed E-state index contributed by atoms with van der Waals surface area (Å²) in [4.78, 5) is 10.9. The van der Waals surface area contributed by atoms with E-state index >= 15 is 0 Å². The van der Waals surface area contributed by atoms with Crippen molar-refractivity contribution >= 4 is 21.9 Å². The highest BCUT2D eigenvalue weighted by Crippen LogP contribution is 2.34. The van der Waals surface area contributed by atoms with E-state index in [1.54, 1.807) is 7.11 Å². The van der Waals surface area contributed by atoms with Gasteiger partial charge in [-0.15, -0.1) is 0 Å². The average molecular weight is 301 g/mol. The number of carboxylic acids is 1. The highest BCUT2D eigenvalue weighted by Gasteiger charge is 2.18. The third kappa shape index (κ3) is 4.04. The lowest BCUT2D eigenvalue weighted by atomic mass is 9.91. The number of benzene rings is 1. The minimum atomic E-state index is -0.773. The van der Waals surface area contributed by atoms with Crippen molar-refractivity contribution in [1.29, 1.82) is 0 Å². The number of hydrogen-bond acceptors (Lipinski definition) is 2. The molecule has 0 aromatic heterocycles. The predicted molar refractivity (Wildman–Crippen MR) is 70.6 cm³/mol. The van der Waals surface area contributed by atoms with Crippen molar-refractivity contribution in [3.8, 4) is 5.75 Å². The number of hydrogen-bond donors (Lipinski definition) is 1. The summed E-state index contributed by atoms with van der Waals surface area (Å²) < 4.78 is 6.24. The highest BCUT2D eigenvalue weighted by atomic mass is 79.9. The molecule has 17 heavy (non-hydrogen) atoms. The van der Waals surface area contributed by atoms with Gasteiger partial charge in [-0.1, -0.05) is 29.3 Å². The summed E-state index contributed by atoms with van der Waals surface area (Å²) in [7, 11) is 1.61. The van der Waals surface area contributed by atoms with Gasteiger partial charge < -0.3 is 9.84 Å². The molecule has 1 aromatic carbocycles. The Morgan fingerprint density at radius 1 is 1.53 bits per heavy atom. The van der Waals surface area contributed by atoms with E-state index in [2.05, 4.69) is 22.9 Å². The van der Waals surface area contributed by atoms with Crippen LogP contribution in [-0.2, 0) is 4.79 Å². The van der Waals surface area contributed by atoms with E-state index in [0.29, 0.717) is 0 Å². The van der Waals surface area contributed by atoms with Gasteiger partial charge >= 0.3 is 5.97 Å². The maximum atomic E-state index is 10.9. The molecule has 1 unspecified atom stereocenters. The molecule has 3 nitrogen and oxygen atoms in total. The van der Waals surface area contributed by atoms with Gasteiger partial charge in [0, 0.05) is 4.47 Å². The molecular formula is C13H17BrO3. The molecule has 0 heterocycles. The van der Waals surface area contributed by atoms with Crippen LogP contribution in [0.5, 0.6) is 5.75 Å². The Kier molecular flexibility index (Phi) is 5.48. The minimum absolute atomic E-state index is 0.00458. The molecule has 4 heteroatoms. The Hall–Kier alpha value is -1.03. The molecule has 0 aliphatic rings. The minimum Gasteiger partial charge on any atom is -0.496 e. The van der Waals surface area contributed by atoms with E-state index in [-0.39, 0.29) is 12.3 Å². The zero-order valence-electron chi connectivity index (χ0n) is 10.1. The van der Waals surface area contributed by atoms with Crippen LogP contribution in [0.4, 0.5) is 0 Å². The van der Waals surface area contributed by atoms with Crippen LogP contribution in [0.3, 0.4) is 0 Å². The van der Waals surface area contributed by atoms with Gasteiger partial charge in [0.05, 0.1) is 13.5 Å². The summed E-state index contributed by atoms with van der Waals surface area (Å²) in [5, 5.41) is 8.95. The molecule has 0 spiro atoms. The van der Waals surface area contributed by atoms with Crippen molar-refractivity contribution in [2.24, 2.45) is 0 Å². The quantitative estimate of drug-likeness (QED) is 0.869. The maximum absolute atomic E-state index is 10.9. The zero-order valence-corrected chi connectivity index (χ0v) is 11.7. The number of carboxylic acid groups (broad SMARTS) is 1. The second-order valence-corrected chi connectivity index (χ2v) is 4.89. The van der Waals surface area contributed by atoms with Crippen LogP contribution >= 0.6 is 15.9 Å². The van der Waals surface area contributed by atoms with Crippen LogP contribution < -0.4 is 4.74 Å². The van der Waals surface area contributed by atoms with Crippen LogP contribution in [0.25, 0.3) is 0 Å². The van der Waals surface area contributed by atoms with E-state index < -0.39 is 5.97 Å². The summed E-state index contributed by atoms with van der Waals surface area (Å²) >= 11 is 3.41. The van der Waals surface area contributed by atoms with E-state index in [1.165, 1.54) is 0 Å². The Balaban J connectivity index is 3.06.